The van der Waals surface area contributed by atoms with Crippen LogP contribution in [0.15, 0.2) is 12.2 Å². The standard InChI is InChI=1S/C27H38O12/c1-14(28)9-10-27-25(6,7)11-19(12-26(27,8)39-27)37-24-23(36-18(5)32)22(35-17(4)31)21(34-16(3)30)20(38-24)13-33-15(2)29/h9-10,19-24H,11-13H2,1-8H3. The summed E-state index contributed by atoms with van der Waals surface area (Å²) in [6.07, 6.45) is -2.48. The van der Waals surface area contributed by atoms with E-state index in [-0.39, 0.29) is 12.4 Å². The first-order valence-corrected chi connectivity index (χ1v) is 12.9. The third-order valence-electron chi connectivity index (χ3n) is 7.32. The van der Waals surface area contributed by atoms with Crippen molar-refractivity contribution in [2.75, 3.05) is 6.61 Å². The molecule has 3 aliphatic rings. The highest BCUT2D eigenvalue weighted by Crippen LogP contribution is 2.66. The topological polar surface area (TPSA) is 153 Å². The SMILES string of the molecule is CC(=O)C=CC12OC1(C)CC(OC1OC(COC(C)=O)C(OC(C)=O)C(OC(C)=O)C1OC(C)=O)CC2(C)C. The maximum Gasteiger partial charge on any atom is 0.303 e. The molecule has 0 amide bonds. The second-order valence-electron chi connectivity index (χ2n) is 11.1. The molecule has 3 rings (SSSR count). The first-order valence-electron chi connectivity index (χ1n) is 12.9. The summed E-state index contributed by atoms with van der Waals surface area (Å²) in [4.78, 5) is 59.2. The van der Waals surface area contributed by atoms with Gasteiger partial charge in [-0.2, -0.15) is 0 Å². The van der Waals surface area contributed by atoms with Crippen molar-refractivity contribution >= 4 is 29.7 Å². The van der Waals surface area contributed by atoms with E-state index in [1.807, 2.05) is 20.8 Å². The minimum atomic E-state index is -1.31. The van der Waals surface area contributed by atoms with Gasteiger partial charge in [-0.15, -0.1) is 0 Å². The number of ether oxygens (including phenoxy) is 7. The van der Waals surface area contributed by atoms with E-state index in [1.54, 1.807) is 6.08 Å². The molecule has 1 saturated carbocycles. The van der Waals surface area contributed by atoms with Gasteiger partial charge in [0.05, 0.1) is 6.10 Å². The van der Waals surface area contributed by atoms with Crippen molar-refractivity contribution in [1.82, 2.24) is 0 Å². The molecule has 0 radical (unpaired) electrons. The average molecular weight is 555 g/mol. The van der Waals surface area contributed by atoms with Gasteiger partial charge in [-0.25, -0.2) is 0 Å². The zero-order valence-corrected chi connectivity index (χ0v) is 23.6. The largest absolute Gasteiger partial charge is 0.463 e. The second kappa shape index (κ2) is 11.3. The fourth-order valence-electron chi connectivity index (χ4n) is 5.86. The molecule has 218 valence electrons. The molecule has 2 saturated heterocycles. The van der Waals surface area contributed by atoms with Gasteiger partial charge in [-0.1, -0.05) is 13.8 Å². The van der Waals surface area contributed by atoms with Crippen LogP contribution in [-0.4, -0.2) is 84.3 Å². The summed E-state index contributed by atoms with van der Waals surface area (Å²) in [6.45, 7) is 11.8. The fraction of sp³-hybridized carbons (Fsp3) is 0.741. The Hall–Kier alpha value is -2.83. The summed E-state index contributed by atoms with van der Waals surface area (Å²) in [6, 6.07) is 0. The first kappa shape index (κ1) is 30.7. The quantitative estimate of drug-likeness (QED) is 0.177. The highest BCUT2D eigenvalue weighted by Gasteiger charge is 2.75. The minimum Gasteiger partial charge on any atom is -0.463 e. The van der Waals surface area contributed by atoms with Gasteiger partial charge < -0.3 is 33.2 Å². The predicted octanol–water partition coefficient (Wildman–Crippen LogP) is 1.95. The molecule has 12 nitrogen and oxygen atoms in total. The van der Waals surface area contributed by atoms with E-state index >= 15 is 0 Å². The summed E-state index contributed by atoms with van der Waals surface area (Å²) < 4.78 is 40.2. The van der Waals surface area contributed by atoms with Crippen LogP contribution in [-0.2, 0) is 57.1 Å². The lowest BCUT2D eigenvalue weighted by Crippen LogP contribution is -2.63. The Balaban J connectivity index is 1.93. The highest BCUT2D eigenvalue weighted by atomic mass is 16.7. The van der Waals surface area contributed by atoms with Crippen LogP contribution in [0.25, 0.3) is 0 Å². The number of fused-ring (bicyclic) bond motifs is 1. The number of esters is 4. The molecule has 0 aromatic heterocycles. The van der Waals surface area contributed by atoms with Gasteiger partial charge in [-0.05, 0) is 32.4 Å². The van der Waals surface area contributed by atoms with Crippen LogP contribution in [0.3, 0.4) is 0 Å². The van der Waals surface area contributed by atoms with E-state index in [2.05, 4.69) is 0 Å². The Morgan fingerprint density at radius 3 is 1.87 bits per heavy atom. The first-order chi connectivity index (χ1) is 18.0. The monoisotopic (exact) mass is 554 g/mol. The van der Waals surface area contributed by atoms with Gasteiger partial charge in [-0.3, -0.25) is 24.0 Å². The number of allylic oxidation sites excluding steroid dienone is 1. The molecular weight excluding hydrogens is 516 g/mol. The van der Waals surface area contributed by atoms with Crippen molar-refractivity contribution in [1.29, 1.82) is 0 Å². The molecule has 0 aromatic carbocycles. The number of rotatable bonds is 9. The van der Waals surface area contributed by atoms with Gasteiger partial charge >= 0.3 is 23.9 Å². The Labute approximate surface area is 227 Å². The van der Waals surface area contributed by atoms with Gasteiger partial charge in [0, 0.05) is 39.5 Å². The maximum absolute atomic E-state index is 12.1. The van der Waals surface area contributed by atoms with Crippen molar-refractivity contribution < 1.29 is 57.1 Å². The van der Waals surface area contributed by atoms with E-state index in [0.29, 0.717) is 12.8 Å². The molecule has 39 heavy (non-hydrogen) atoms. The highest BCUT2D eigenvalue weighted by molar-refractivity contribution is 5.87. The second-order valence-corrected chi connectivity index (χ2v) is 11.1. The summed E-state index contributed by atoms with van der Waals surface area (Å²) in [5.74, 6) is -2.83. The lowest BCUT2D eigenvalue weighted by Gasteiger charge is -2.46. The number of carbonyl (C=O) groups excluding carboxylic acids is 5. The number of epoxide rings is 1. The lowest BCUT2D eigenvalue weighted by atomic mass is 9.63. The van der Waals surface area contributed by atoms with Crippen molar-refractivity contribution in [3.05, 3.63) is 12.2 Å². The van der Waals surface area contributed by atoms with Crippen LogP contribution in [0.1, 0.15) is 68.2 Å². The third kappa shape index (κ3) is 6.67. The maximum atomic E-state index is 12.1. The summed E-state index contributed by atoms with van der Waals surface area (Å²) in [7, 11) is 0. The molecule has 1 aliphatic carbocycles. The summed E-state index contributed by atoms with van der Waals surface area (Å²) in [5, 5.41) is 0. The Kier molecular flexibility index (Phi) is 8.93. The Bertz CT molecular complexity index is 1030. The van der Waals surface area contributed by atoms with Crippen LogP contribution in [0.4, 0.5) is 0 Å². The van der Waals surface area contributed by atoms with E-state index in [0.717, 1.165) is 13.8 Å². The minimum absolute atomic E-state index is 0.0890. The van der Waals surface area contributed by atoms with Crippen molar-refractivity contribution in [3.8, 4) is 0 Å². The van der Waals surface area contributed by atoms with Crippen LogP contribution in [0.2, 0.25) is 0 Å². The molecule has 12 heteroatoms. The normalized spacial score (nSPS) is 36.8. The summed E-state index contributed by atoms with van der Waals surface area (Å²) >= 11 is 0. The number of ketones is 1. The average Bonchev–Trinajstić information content (AvgIpc) is 3.40. The fourth-order valence-corrected chi connectivity index (χ4v) is 5.86. The molecule has 2 aliphatic heterocycles. The van der Waals surface area contributed by atoms with Crippen molar-refractivity contribution in [2.24, 2.45) is 5.41 Å². The zero-order valence-electron chi connectivity index (χ0n) is 23.6. The predicted molar refractivity (Wildman–Crippen MR) is 132 cm³/mol. The van der Waals surface area contributed by atoms with Crippen LogP contribution < -0.4 is 0 Å². The molecule has 0 N–H and O–H groups in total. The van der Waals surface area contributed by atoms with Gasteiger partial charge in [0.2, 0.25) is 0 Å². The zero-order chi connectivity index (χ0) is 29.3. The molecule has 8 atom stereocenters. The number of carbonyl (C=O) groups is 5. The van der Waals surface area contributed by atoms with E-state index in [4.69, 9.17) is 33.2 Å². The molecule has 2 heterocycles. The molecule has 0 bridgehead atoms. The van der Waals surface area contributed by atoms with Crippen LogP contribution >= 0.6 is 0 Å². The molecule has 0 spiro atoms. The van der Waals surface area contributed by atoms with Crippen LogP contribution in [0.5, 0.6) is 0 Å². The molecule has 8 unspecified atom stereocenters. The van der Waals surface area contributed by atoms with Gasteiger partial charge in [0.15, 0.2) is 30.4 Å². The number of hydrogen-bond donors (Lipinski definition) is 0. The smallest absolute Gasteiger partial charge is 0.303 e. The molecule has 3 fully saturated rings. The van der Waals surface area contributed by atoms with Crippen molar-refractivity contribution in [2.45, 2.75) is 116 Å². The Morgan fingerprint density at radius 2 is 1.36 bits per heavy atom. The number of hydrogen-bond acceptors (Lipinski definition) is 12. The van der Waals surface area contributed by atoms with E-state index in [9.17, 15) is 24.0 Å². The van der Waals surface area contributed by atoms with Crippen LogP contribution in [0, 0.1) is 5.41 Å². The lowest BCUT2D eigenvalue weighted by molar-refractivity contribution is -0.320. The summed E-state index contributed by atoms with van der Waals surface area (Å²) in [5.41, 5.74) is -1.76. The Morgan fingerprint density at radius 1 is 0.795 bits per heavy atom. The van der Waals surface area contributed by atoms with E-state index in [1.165, 1.54) is 26.8 Å². The molecular formula is C27H38O12. The molecule has 0 aromatic rings. The van der Waals surface area contributed by atoms with Gasteiger partial charge in [0.1, 0.15) is 23.9 Å². The van der Waals surface area contributed by atoms with E-state index < -0.39 is 77.3 Å². The third-order valence-corrected chi connectivity index (χ3v) is 7.32. The van der Waals surface area contributed by atoms with Crippen molar-refractivity contribution in [3.63, 3.8) is 0 Å². The van der Waals surface area contributed by atoms with Gasteiger partial charge in [0.25, 0.3) is 0 Å².